The summed E-state index contributed by atoms with van der Waals surface area (Å²) < 4.78 is 18.9. The fourth-order valence-corrected chi connectivity index (χ4v) is 6.23. The van der Waals surface area contributed by atoms with Crippen molar-refractivity contribution in [2.75, 3.05) is 21.3 Å². The molecule has 0 amide bonds. The Morgan fingerprint density at radius 2 is 1.76 bits per heavy atom. The SMILES string of the molecule is COc1cccc(/C=c2\sc3n(c2=O)[C@@H](c2ccc(OC)c(OC)c2)C2=C(N=3)c3ccccc3CC2)c1. The fourth-order valence-electron chi connectivity index (χ4n) is 5.23. The molecule has 0 saturated carbocycles. The summed E-state index contributed by atoms with van der Waals surface area (Å²) in [5.41, 5.74) is 6.35. The zero-order chi connectivity index (χ0) is 25.5. The third-order valence-corrected chi connectivity index (χ3v) is 7.97. The molecule has 3 aromatic carbocycles. The number of nitrogens with zero attached hydrogens (tertiary/aromatic N) is 2. The van der Waals surface area contributed by atoms with Crippen LogP contribution in [-0.4, -0.2) is 25.9 Å². The van der Waals surface area contributed by atoms with E-state index in [0.717, 1.165) is 46.6 Å². The minimum absolute atomic E-state index is 0.0586. The van der Waals surface area contributed by atoms with Gasteiger partial charge in [-0.25, -0.2) is 4.99 Å². The summed E-state index contributed by atoms with van der Waals surface area (Å²) in [5.74, 6) is 2.03. The molecule has 0 unspecified atom stereocenters. The maximum Gasteiger partial charge on any atom is 0.271 e. The summed E-state index contributed by atoms with van der Waals surface area (Å²) >= 11 is 1.41. The number of allylic oxidation sites excluding steroid dienone is 1. The highest BCUT2D eigenvalue weighted by molar-refractivity contribution is 7.07. The van der Waals surface area contributed by atoms with Crippen LogP contribution in [0.3, 0.4) is 0 Å². The Morgan fingerprint density at radius 3 is 2.57 bits per heavy atom. The van der Waals surface area contributed by atoms with Gasteiger partial charge in [0.25, 0.3) is 5.56 Å². The van der Waals surface area contributed by atoms with Gasteiger partial charge in [-0.1, -0.05) is 53.8 Å². The number of hydrogen-bond acceptors (Lipinski definition) is 6. The topological polar surface area (TPSA) is 62.0 Å². The van der Waals surface area contributed by atoms with Gasteiger partial charge in [-0.05, 0) is 65.4 Å². The predicted octanol–water partition coefficient (Wildman–Crippen LogP) is 4.34. The molecular formula is C30H26N2O4S. The molecule has 4 aromatic rings. The number of benzene rings is 3. The van der Waals surface area contributed by atoms with E-state index in [0.29, 0.717) is 20.8 Å². The molecule has 186 valence electrons. The number of hydrogen-bond donors (Lipinski definition) is 0. The molecule has 1 aliphatic heterocycles. The molecule has 2 aliphatic rings. The van der Waals surface area contributed by atoms with E-state index in [1.165, 1.54) is 16.9 Å². The normalized spacial score (nSPS) is 16.4. The lowest BCUT2D eigenvalue weighted by Gasteiger charge is -2.31. The van der Waals surface area contributed by atoms with Crippen LogP contribution in [0.4, 0.5) is 0 Å². The van der Waals surface area contributed by atoms with Crippen molar-refractivity contribution in [2.24, 2.45) is 4.99 Å². The molecule has 0 saturated heterocycles. The zero-order valence-electron chi connectivity index (χ0n) is 20.9. The Kier molecular flexibility index (Phi) is 5.93. The number of fused-ring (bicyclic) bond motifs is 3. The van der Waals surface area contributed by atoms with Crippen LogP contribution in [0.25, 0.3) is 11.8 Å². The number of rotatable bonds is 5. The van der Waals surface area contributed by atoms with Crippen LogP contribution in [-0.2, 0) is 6.42 Å². The van der Waals surface area contributed by atoms with E-state index in [1.54, 1.807) is 21.3 Å². The molecule has 1 atom stereocenters. The van der Waals surface area contributed by atoms with Gasteiger partial charge < -0.3 is 14.2 Å². The van der Waals surface area contributed by atoms with E-state index in [2.05, 4.69) is 18.2 Å². The Labute approximate surface area is 218 Å². The van der Waals surface area contributed by atoms with Crippen LogP contribution in [0.5, 0.6) is 17.2 Å². The van der Waals surface area contributed by atoms with Gasteiger partial charge in [0.05, 0.1) is 37.6 Å². The van der Waals surface area contributed by atoms with Gasteiger partial charge in [0.15, 0.2) is 16.3 Å². The first-order valence-electron chi connectivity index (χ1n) is 12.1. The van der Waals surface area contributed by atoms with E-state index in [4.69, 9.17) is 19.2 Å². The molecule has 37 heavy (non-hydrogen) atoms. The molecule has 0 fully saturated rings. The third-order valence-electron chi connectivity index (χ3n) is 6.99. The average molecular weight is 511 g/mol. The fraction of sp³-hybridized carbons (Fsp3) is 0.200. The summed E-state index contributed by atoms with van der Waals surface area (Å²) in [5, 5.41) is 0. The molecule has 1 aromatic heterocycles. The second kappa shape index (κ2) is 9.41. The van der Waals surface area contributed by atoms with Crippen LogP contribution < -0.4 is 29.1 Å². The molecule has 6 rings (SSSR count). The summed E-state index contributed by atoms with van der Waals surface area (Å²) in [6, 6.07) is 21.7. The Morgan fingerprint density at radius 1 is 0.919 bits per heavy atom. The van der Waals surface area contributed by atoms with Crippen molar-refractivity contribution in [1.82, 2.24) is 4.57 Å². The van der Waals surface area contributed by atoms with Crippen LogP contribution in [0.2, 0.25) is 0 Å². The molecule has 0 N–H and O–H groups in total. The van der Waals surface area contributed by atoms with E-state index >= 15 is 0 Å². The predicted molar refractivity (Wildman–Crippen MR) is 145 cm³/mol. The van der Waals surface area contributed by atoms with Crippen molar-refractivity contribution in [2.45, 2.75) is 18.9 Å². The first-order valence-corrected chi connectivity index (χ1v) is 12.9. The maximum absolute atomic E-state index is 13.9. The second-order valence-electron chi connectivity index (χ2n) is 9.00. The summed E-state index contributed by atoms with van der Waals surface area (Å²) in [6.45, 7) is 0. The molecular weight excluding hydrogens is 484 g/mol. The minimum Gasteiger partial charge on any atom is -0.497 e. The molecule has 0 bridgehead atoms. The molecule has 7 heteroatoms. The molecule has 2 heterocycles. The van der Waals surface area contributed by atoms with Crippen LogP contribution in [0, 0.1) is 0 Å². The number of methoxy groups -OCH3 is 3. The minimum atomic E-state index is -0.285. The van der Waals surface area contributed by atoms with Gasteiger partial charge in [-0.3, -0.25) is 9.36 Å². The van der Waals surface area contributed by atoms with E-state index in [-0.39, 0.29) is 11.6 Å². The largest absolute Gasteiger partial charge is 0.497 e. The zero-order valence-corrected chi connectivity index (χ0v) is 21.7. The molecule has 6 nitrogen and oxygen atoms in total. The van der Waals surface area contributed by atoms with Gasteiger partial charge in [-0.2, -0.15) is 0 Å². The molecule has 0 spiro atoms. The molecule has 1 aliphatic carbocycles. The van der Waals surface area contributed by atoms with Crippen LogP contribution in [0.15, 0.2) is 82.1 Å². The smallest absolute Gasteiger partial charge is 0.271 e. The van der Waals surface area contributed by atoms with E-state index in [9.17, 15) is 4.79 Å². The number of aromatic nitrogens is 1. The van der Waals surface area contributed by atoms with E-state index in [1.807, 2.05) is 59.2 Å². The van der Waals surface area contributed by atoms with E-state index < -0.39 is 0 Å². The molecule has 0 radical (unpaired) electrons. The van der Waals surface area contributed by atoms with Crippen LogP contribution >= 0.6 is 11.3 Å². The highest BCUT2D eigenvalue weighted by Gasteiger charge is 2.33. The first-order chi connectivity index (χ1) is 18.1. The van der Waals surface area contributed by atoms with Crippen molar-refractivity contribution in [3.63, 3.8) is 0 Å². The standard InChI is InChI=1S/C30H26N2O4S/c1-34-21-9-6-7-18(15-21)16-26-29(33)32-28(20-12-14-24(35-2)25(17-20)36-3)23-13-11-19-8-4-5-10-22(19)27(23)31-30(32)37-26/h4-10,12,14-17,28H,11,13H2,1-3H3/b26-16-/t28-/m0/s1. The van der Waals surface area contributed by atoms with Gasteiger partial charge >= 0.3 is 0 Å². The Bertz CT molecular complexity index is 1730. The van der Waals surface area contributed by atoms with Gasteiger partial charge in [0, 0.05) is 5.56 Å². The summed E-state index contributed by atoms with van der Waals surface area (Å²) in [7, 11) is 4.89. The van der Waals surface area contributed by atoms with Gasteiger partial charge in [0.2, 0.25) is 0 Å². The van der Waals surface area contributed by atoms with Crippen molar-refractivity contribution < 1.29 is 14.2 Å². The van der Waals surface area contributed by atoms with Crippen LogP contribution in [0.1, 0.15) is 34.7 Å². The first kappa shape index (κ1) is 23.3. The van der Waals surface area contributed by atoms with Gasteiger partial charge in [0.1, 0.15) is 5.75 Å². The third kappa shape index (κ3) is 3.96. The summed E-state index contributed by atoms with van der Waals surface area (Å²) in [4.78, 5) is 19.7. The highest BCUT2D eigenvalue weighted by Crippen LogP contribution is 2.42. The van der Waals surface area contributed by atoms with Crippen molar-refractivity contribution >= 4 is 23.1 Å². The second-order valence-corrected chi connectivity index (χ2v) is 10.0. The Balaban J connectivity index is 1.61. The number of ether oxygens (including phenoxy) is 3. The Hall–Kier alpha value is -4.10. The summed E-state index contributed by atoms with van der Waals surface area (Å²) in [6.07, 6.45) is 3.64. The van der Waals surface area contributed by atoms with Crippen molar-refractivity contribution in [3.05, 3.63) is 114 Å². The lowest BCUT2D eigenvalue weighted by Crippen LogP contribution is -2.38. The monoisotopic (exact) mass is 510 g/mol. The lowest BCUT2D eigenvalue weighted by molar-refractivity contribution is 0.354. The maximum atomic E-state index is 13.9. The number of thiazole rings is 1. The van der Waals surface area contributed by atoms with Crippen molar-refractivity contribution in [3.8, 4) is 17.2 Å². The van der Waals surface area contributed by atoms with Crippen molar-refractivity contribution in [1.29, 1.82) is 0 Å². The lowest BCUT2D eigenvalue weighted by atomic mass is 9.83. The average Bonchev–Trinajstić information content (AvgIpc) is 3.25. The number of aryl methyl sites for hydroxylation is 1. The van der Waals surface area contributed by atoms with Gasteiger partial charge in [-0.15, -0.1) is 0 Å². The highest BCUT2D eigenvalue weighted by atomic mass is 32.1. The quantitative estimate of drug-likeness (QED) is 0.401.